The minimum Gasteiger partial charge on any atom is -0.485 e. The Morgan fingerprint density at radius 3 is 2.72 bits per heavy atom. The number of ether oxygens (including phenoxy) is 1. The fraction of sp³-hybridized carbons (Fsp3) is 0.231. The summed E-state index contributed by atoms with van der Waals surface area (Å²) in [5.74, 6) is 1.39. The quantitative estimate of drug-likeness (QED) is 0.797. The molecular formula is C13H12BrClN2O. The molecule has 0 aliphatic rings. The first-order chi connectivity index (χ1) is 8.54. The highest BCUT2D eigenvalue weighted by Gasteiger charge is 2.04. The van der Waals surface area contributed by atoms with Gasteiger partial charge in [-0.05, 0) is 37.6 Å². The molecule has 2 rings (SSSR count). The first-order valence-electron chi connectivity index (χ1n) is 5.43. The summed E-state index contributed by atoms with van der Waals surface area (Å²) < 4.78 is 6.68. The van der Waals surface area contributed by atoms with E-state index in [-0.39, 0.29) is 0 Å². The summed E-state index contributed by atoms with van der Waals surface area (Å²) in [6.07, 6.45) is 0. The lowest BCUT2D eigenvalue weighted by molar-refractivity contribution is 0.293. The van der Waals surface area contributed by atoms with Crippen LogP contribution in [0.3, 0.4) is 0 Å². The second kappa shape index (κ2) is 5.67. The van der Waals surface area contributed by atoms with Crippen molar-refractivity contribution in [1.29, 1.82) is 0 Å². The molecule has 0 saturated heterocycles. The highest BCUT2D eigenvalue weighted by atomic mass is 79.9. The number of hydrogen-bond donors (Lipinski definition) is 0. The molecule has 0 aliphatic heterocycles. The molecule has 5 heteroatoms. The lowest BCUT2D eigenvalue weighted by atomic mass is 10.2. The van der Waals surface area contributed by atoms with Crippen molar-refractivity contribution in [3.05, 3.63) is 51.0 Å². The van der Waals surface area contributed by atoms with Gasteiger partial charge in [0.15, 0.2) is 5.82 Å². The van der Waals surface area contributed by atoms with Gasteiger partial charge in [0, 0.05) is 10.2 Å². The van der Waals surface area contributed by atoms with Gasteiger partial charge < -0.3 is 4.74 Å². The van der Waals surface area contributed by atoms with E-state index >= 15 is 0 Å². The van der Waals surface area contributed by atoms with Gasteiger partial charge in [-0.25, -0.2) is 9.97 Å². The third kappa shape index (κ3) is 3.43. The Morgan fingerprint density at radius 1 is 1.22 bits per heavy atom. The Kier molecular flexibility index (Phi) is 4.19. The summed E-state index contributed by atoms with van der Waals surface area (Å²) in [4.78, 5) is 8.39. The van der Waals surface area contributed by atoms with Crippen molar-refractivity contribution in [2.24, 2.45) is 0 Å². The molecule has 0 radical (unpaired) electrons. The summed E-state index contributed by atoms with van der Waals surface area (Å²) >= 11 is 9.29. The predicted molar refractivity (Wildman–Crippen MR) is 75.0 cm³/mol. The molecule has 0 spiro atoms. The minimum atomic E-state index is 0.304. The molecule has 0 fully saturated rings. The van der Waals surface area contributed by atoms with Crippen LogP contribution >= 0.6 is 27.5 Å². The molecule has 0 saturated carbocycles. The van der Waals surface area contributed by atoms with E-state index in [9.17, 15) is 0 Å². The van der Waals surface area contributed by atoms with E-state index in [4.69, 9.17) is 16.3 Å². The highest BCUT2D eigenvalue weighted by molar-refractivity contribution is 9.10. The van der Waals surface area contributed by atoms with Gasteiger partial charge in [0.05, 0.1) is 0 Å². The third-order valence-corrected chi connectivity index (χ3v) is 3.06. The van der Waals surface area contributed by atoms with Crippen LogP contribution in [0.1, 0.15) is 17.1 Å². The fourth-order valence-corrected chi connectivity index (χ4v) is 2.12. The van der Waals surface area contributed by atoms with Gasteiger partial charge >= 0.3 is 0 Å². The standard InChI is InChI=1S/C13H12BrClN2O/c1-8-3-4-10(14)6-11(8)18-7-13-16-9(2)5-12(15)17-13/h3-6H,7H2,1-2H3. The first kappa shape index (κ1) is 13.3. The van der Waals surface area contributed by atoms with Gasteiger partial charge in [-0.3, -0.25) is 0 Å². The molecule has 0 amide bonds. The number of hydrogen-bond acceptors (Lipinski definition) is 3. The van der Waals surface area contributed by atoms with E-state index < -0.39 is 0 Å². The van der Waals surface area contributed by atoms with Crippen molar-refractivity contribution in [2.45, 2.75) is 20.5 Å². The Hall–Kier alpha value is -1.13. The van der Waals surface area contributed by atoms with Crippen LogP contribution in [0.15, 0.2) is 28.7 Å². The molecule has 0 atom stereocenters. The highest BCUT2D eigenvalue weighted by Crippen LogP contribution is 2.23. The van der Waals surface area contributed by atoms with Gasteiger partial charge in [0.2, 0.25) is 0 Å². The van der Waals surface area contributed by atoms with Crippen molar-refractivity contribution < 1.29 is 4.74 Å². The van der Waals surface area contributed by atoms with E-state index in [0.29, 0.717) is 17.6 Å². The molecule has 0 bridgehead atoms. The summed E-state index contributed by atoms with van der Waals surface area (Å²) in [5, 5.41) is 0.437. The molecule has 0 aliphatic carbocycles. The van der Waals surface area contributed by atoms with E-state index in [1.807, 2.05) is 32.0 Å². The van der Waals surface area contributed by atoms with Crippen LogP contribution < -0.4 is 4.74 Å². The van der Waals surface area contributed by atoms with Crippen molar-refractivity contribution >= 4 is 27.5 Å². The van der Waals surface area contributed by atoms with Crippen molar-refractivity contribution in [3.8, 4) is 5.75 Å². The Morgan fingerprint density at radius 2 is 2.00 bits per heavy atom. The van der Waals surface area contributed by atoms with Crippen LogP contribution in [-0.2, 0) is 6.61 Å². The smallest absolute Gasteiger partial charge is 0.167 e. The summed E-state index contributed by atoms with van der Waals surface area (Å²) in [6.45, 7) is 4.17. The maximum absolute atomic E-state index is 5.87. The number of rotatable bonds is 3. The molecule has 1 heterocycles. The summed E-state index contributed by atoms with van der Waals surface area (Å²) in [5.41, 5.74) is 1.90. The second-order valence-corrected chi connectivity index (χ2v) is 5.25. The lowest BCUT2D eigenvalue weighted by Crippen LogP contribution is -2.03. The molecule has 1 aromatic carbocycles. The van der Waals surface area contributed by atoms with E-state index in [0.717, 1.165) is 21.5 Å². The van der Waals surface area contributed by atoms with Gasteiger partial charge in [0.1, 0.15) is 17.5 Å². The number of benzene rings is 1. The van der Waals surface area contributed by atoms with Gasteiger partial charge in [0.25, 0.3) is 0 Å². The Bertz CT molecular complexity index is 555. The Labute approximate surface area is 119 Å². The number of halogens is 2. The van der Waals surface area contributed by atoms with Crippen molar-refractivity contribution in [1.82, 2.24) is 9.97 Å². The summed E-state index contributed by atoms with van der Waals surface area (Å²) in [6, 6.07) is 7.61. The predicted octanol–water partition coefficient (Wildman–Crippen LogP) is 4.09. The van der Waals surface area contributed by atoms with Gasteiger partial charge in [-0.15, -0.1) is 0 Å². The van der Waals surface area contributed by atoms with Crippen LogP contribution in [-0.4, -0.2) is 9.97 Å². The zero-order chi connectivity index (χ0) is 13.1. The number of aryl methyl sites for hydroxylation is 2. The van der Waals surface area contributed by atoms with Gasteiger partial charge in [-0.2, -0.15) is 0 Å². The molecule has 18 heavy (non-hydrogen) atoms. The van der Waals surface area contributed by atoms with Crippen LogP contribution in [0, 0.1) is 13.8 Å². The molecule has 2 aromatic rings. The molecule has 0 unspecified atom stereocenters. The van der Waals surface area contributed by atoms with Crippen LogP contribution in [0.2, 0.25) is 5.15 Å². The van der Waals surface area contributed by atoms with E-state index in [2.05, 4.69) is 25.9 Å². The normalized spacial score (nSPS) is 10.4. The van der Waals surface area contributed by atoms with E-state index in [1.165, 1.54) is 0 Å². The molecule has 94 valence electrons. The zero-order valence-electron chi connectivity index (χ0n) is 10.1. The van der Waals surface area contributed by atoms with Crippen molar-refractivity contribution in [2.75, 3.05) is 0 Å². The lowest BCUT2D eigenvalue weighted by Gasteiger charge is -2.09. The molecule has 1 aromatic heterocycles. The number of aromatic nitrogens is 2. The zero-order valence-corrected chi connectivity index (χ0v) is 12.4. The minimum absolute atomic E-state index is 0.304. The van der Waals surface area contributed by atoms with Crippen LogP contribution in [0.5, 0.6) is 5.75 Å². The summed E-state index contributed by atoms with van der Waals surface area (Å²) in [7, 11) is 0. The molecule has 0 N–H and O–H groups in total. The largest absolute Gasteiger partial charge is 0.485 e. The maximum Gasteiger partial charge on any atom is 0.167 e. The van der Waals surface area contributed by atoms with Crippen molar-refractivity contribution in [3.63, 3.8) is 0 Å². The average molecular weight is 328 g/mol. The van der Waals surface area contributed by atoms with Crippen LogP contribution in [0.4, 0.5) is 0 Å². The third-order valence-electron chi connectivity index (χ3n) is 2.38. The molecule has 3 nitrogen and oxygen atoms in total. The SMILES string of the molecule is Cc1cc(Cl)nc(COc2cc(Br)ccc2C)n1. The van der Waals surface area contributed by atoms with Crippen LogP contribution in [0.25, 0.3) is 0 Å². The first-order valence-corrected chi connectivity index (χ1v) is 6.61. The maximum atomic E-state index is 5.87. The second-order valence-electron chi connectivity index (χ2n) is 3.95. The average Bonchev–Trinajstić information content (AvgIpc) is 2.29. The number of nitrogens with zero attached hydrogens (tertiary/aromatic N) is 2. The van der Waals surface area contributed by atoms with Gasteiger partial charge in [-0.1, -0.05) is 33.6 Å². The Balaban J connectivity index is 2.13. The topological polar surface area (TPSA) is 35.0 Å². The van der Waals surface area contributed by atoms with E-state index in [1.54, 1.807) is 6.07 Å². The molecular weight excluding hydrogens is 316 g/mol. The fourth-order valence-electron chi connectivity index (χ4n) is 1.53. The monoisotopic (exact) mass is 326 g/mol.